The van der Waals surface area contributed by atoms with Crippen LogP contribution in [0.4, 0.5) is 5.69 Å². The fraction of sp³-hybridized carbons (Fsp3) is 0.0769. The van der Waals surface area contributed by atoms with Crippen LogP contribution in [-0.4, -0.2) is 16.1 Å². The van der Waals surface area contributed by atoms with Crippen molar-refractivity contribution in [2.24, 2.45) is 0 Å². The van der Waals surface area contributed by atoms with Gasteiger partial charge in [-0.05, 0) is 23.8 Å². The van der Waals surface area contributed by atoms with Crippen LogP contribution < -0.4 is 11.1 Å². The number of benzene rings is 1. The Bertz CT molecular complexity index is 529. The van der Waals surface area contributed by atoms with Gasteiger partial charge in [0.05, 0.1) is 6.20 Å². The van der Waals surface area contributed by atoms with E-state index in [1.807, 2.05) is 12.1 Å². The van der Waals surface area contributed by atoms with Gasteiger partial charge in [-0.15, -0.1) is 0 Å². The van der Waals surface area contributed by atoms with E-state index < -0.39 is 0 Å². The summed E-state index contributed by atoms with van der Waals surface area (Å²) in [5, 5.41) is 9.24. The van der Waals surface area contributed by atoms with Crippen LogP contribution in [0.25, 0.3) is 6.08 Å². The summed E-state index contributed by atoms with van der Waals surface area (Å²) in [6.07, 6.45) is 6.64. The second-order valence-corrected chi connectivity index (χ2v) is 3.82. The van der Waals surface area contributed by atoms with Crippen molar-refractivity contribution in [1.82, 2.24) is 15.5 Å². The Hall–Kier alpha value is -2.56. The number of H-pyrrole nitrogens is 1. The molecule has 0 radical (unpaired) electrons. The average molecular weight is 242 g/mol. The fourth-order valence-electron chi connectivity index (χ4n) is 1.40. The molecule has 0 aliphatic carbocycles. The van der Waals surface area contributed by atoms with Gasteiger partial charge >= 0.3 is 0 Å². The van der Waals surface area contributed by atoms with Crippen molar-refractivity contribution in [3.8, 4) is 0 Å². The van der Waals surface area contributed by atoms with Gasteiger partial charge in [0.1, 0.15) is 0 Å². The molecule has 0 aliphatic heterocycles. The van der Waals surface area contributed by atoms with Crippen LogP contribution in [0, 0.1) is 0 Å². The van der Waals surface area contributed by atoms with Crippen LogP contribution in [0.5, 0.6) is 0 Å². The summed E-state index contributed by atoms with van der Waals surface area (Å²) in [5.74, 6) is -0.145. The van der Waals surface area contributed by atoms with Crippen molar-refractivity contribution in [3.63, 3.8) is 0 Å². The van der Waals surface area contributed by atoms with Gasteiger partial charge in [-0.1, -0.05) is 12.1 Å². The highest BCUT2D eigenvalue weighted by molar-refractivity contribution is 5.91. The lowest BCUT2D eigenvalue weighted by Crippen LogP contribution is -2.19. The predicted octanol–water partition coefficient (Wildman–Crippen LogP) is 1.32. The van der Waals surface area contributed by atoms with Crippen LogP contribution in [0.2, 0.25) is 0 Å². The number of nitrogens with two attached hydrogens (primary N) is 1. The van der Waals surface area contributed by atoms with Gasteiger partial charge in [0.25, 0.3) is 0 Å². The molecule has 0 saturated heterocycles. The number of nitrogens with one attached hydrogen (secondary N) is 2. The molecule has 0 spiro atoms. The van der Waals surface area contributed by atoms with E-state index in [1.165, 1.54) is 6.08 Å². The summed E-state index contributed by atoms with van der Waals surface area (Å²) in [6.45, 7) is 0.460. The minimum Gasteiger partial charge on any atom is -0.399 e. The number of hydrogen-bond donors (Lipinski definition) is 3. The molecule has 0 atom stereocenters. The first-order chi connectivity index (χ1) is 8.74. The Morgan fingerprint density at radius 3 is 2.83 bits per heavy atom. The molecule has 1 heterocycles. The highest BCUT2D eigenvalue weighted by Gasteiger charge is 1.97. The molecule has 92 valence electrons. The Labute approximate surface area is 105 Å². The second-order valence-electron chi connectivity index (χ2n) is 3.82. The summed E-state index contributed by atoms with van der Waals surface area (Å²) in [6, 6.07) is 7.30. The lowest BCUT2D eigenvalue weighted by atomic mass is 10.2. The van der Waals surface area contributed by atoms with Gasteiger partial charge in [-0.3, -0.25) is 9.89 Å². The SMILES string of the molecule is Nc1ccc(/C=C/C(=O)NCc2cn[nH]c2)cc1. The van der Waals surface area contributed by atoms with E-state index in [-0.39, 0.29) is 5.91 Å². The van der Waals surface area contributed by atoms with Crippen LogP contribution in [0.3, 0.4) is 0 Å². The molecule has 2 aromatic rings. The van der Waals surface area contributed by atoms with Gasteiger partial charge in [0, 0.05) is 30.1 Å². The van der Waals surface area contributed by atoms with E-state index in [4.69, 9.17) is 5.73 Å². The molecule has 18 heavy (non-hydrogen) atoms. The lowest BCUT2D eigenvalue weighted by molar-refractivity contribution is -0.116. The van der Waals surface area contributed by atoms with Gasteiger partial charge in [0.2, 0.25) is 5.91 Å². The molecule has 5 nitrogen and oxygen atoms in total. The third-order valence-corrected chi connectivity index (χ3v) is 2.39. The largest absolute Gasteiger partial charge is 0.399 e. The monoisotopic (exact) mass is 242 g/mol. The zero-order chi connectivity index (χ0) is 12.8. The summed E-state index contributed by atoms with van der Waals surface area (Å²) in [7, 11) is 0. The maximum Gasteiger partial charge on any atom is 0.244 e. The van der Waals surface area contributed by atoms with Crippen molar-refractivity contribution in [3.05, 3.63) is 53.9 Å². The topological polar surface area (TPSA) is 83.8 Å². The molecular formula is C13H14N4O. The maximum atomic E-state index is 11.5. The lowest BCUT2D eigenvalue weighted by Gasteiger charge is -1.99. The average Bonchev–Trinajstić information content (AvgIpc) is 2.89. The van der Waals surface area contributed by atoms with Crippen LogP contribution in [-0.2, 0) is 11.3 Å². The van der Waals surface area contributed by atoms with E-state index in [2.05, 4.69) is 15.5 Å². The Kier molecular flexibility index (Phi) is 3.76. The van der Waals surface area contributed by atoms with Gasteiger partial charge in [-0.2, -0.15) is 5.10 Å². The molecule has 1 amide bonds. The number of hydrogen-bond acceptors (Lipinski definition) is 3. The second kappa shape index (κ2) is 5.67. The molecule has 0 saturated carbocycles. The third kappa shape index (κ3) is 3.48. The minimum atomic E-state index is -0.145. The molecular weight excluding hydrogens is 228 g/mol. The van der Waals surface area contributed by atoms with Crippen LogP contribution in [0.15, 0.2) is 42.7 Å². The van der Waals surface area contributed by atoms with Crippen molar-refractivity contribution in [2.45, 2.75) is 6.54 Å². The molecule has 0 aliphatic rings. The van der Waals surface area contributed by atoms with E-state index >= 15 is 0 Å². The van der Waals surface area contributed by atoms with E-state index in [0.717, 1.165) is 11.1 Å². The summed E-state index contributed by atoms with van der Waals surface area (Å²) in [5.41, 5.74) is 8.14. The first-order valence-corrected chi connectivity index (χ1v) is 5.53. The quantitative estimate of drug-likeness (QED) is 0.558. The summed E-state index contributed by atoms with van der Waals surface area (Å²) in [4.78, 5) is 11.5. The number of carbonyl (C=O) groups is 1. The van der Waals surface area contributed by atoms with Gasteiger partial charge in [-0.25, -0.2) is 0 Å². The van der Waals surface area contributed by atoms with E-state index in [1.54, 1.807) is 30.6 Å². The molecule has 0 unspecified atom stereocenters. The third-order valence-electron chi connectivity index (χ3n) is 2.39. The Morgan fingerprint density at radius 1 is 1.39 bits per heavy atom. The number of amides is 1. The number of nitrogen functional groups attached to an aromatic ring is 1. The van der Waals surface area contributed by atoms with E-state index in [9.17, 15) is 4.79 Å². The number of rotatable bonds is 4. The zero-order valence-corrected chi connectivity index (χ0v) is 9.76. The van der Waals surface area contributed by atoms with Crippen LogP contribution in [0.1, 0.15) is 11.1 Å². The predicted molar refractivity (Wildman–Crippen MR) is 70.3 cm³/mol. The smallest absolute Gasteiger partial charge is 0.244 e. The standard InChI is InChI=1S/C13H14N4O/c14-12-4-1-10(2-5-12)3-6-13(18)15-7-11-8-16-17-9-11/h1-6,8-9H,7,14H2,(H,15,18)(H,16,17)/b6-3+. The molecule has 0 bridgehead atoms. The van der Waals surface area contributed by atoms with Crippen molar-refractivity contribution < 1.29 is 4.79 Å². The van der Waals surface area contributed by atoms with Crippen molar-refractivity contribution in [2.75, 3.05) is 5.73 Å². The minimum absolute atomic E-state index is 0.145. The molecule has 1 aromatic carbocycles. The van der Waals surface area contributed by atoms with Crippen LogP contribution >= 0.6 is 0 Å². The molecule has 0 fully saturated rings. The maximum absolute atomic E-state index is 11.5. The molecule has 1 aromatic heterocycles. The molecule has 5 heteroatoms. The first-order valence-electron chi connectivity index (χ1n) is 5.53. The van der Waals surface area contributed by atoms with E-state index in [0.29, 0.717) is 12.2 Å². The number of aromatic amines is 1. The number of aromatic nitrogens is 2. The number of anilines is 1. The zero-order valence-electron chi connectivity index (χ0n) is 9.76. The summed E-state index contributed by atoms with van der Waals surface area (Å²) < 4.78 is 0. The normalized spacial score (nSPS) is 10.7. The highest BCUT2D eigenvalue weighted by atomic mass is 16.1. The van der Waals surface area contributed by atoms with Crippen molar-refractivity contribution >= 4 is 17.7 Å². The molecule has 2 rings (SSSR count). The fourth-order valence-corrected chi connectivity index (χ4v) is 1.40. The molecule has 4 N–H and O–H groups in total. The first kappa shape index (κ1) is 11.9. The Balaban J connectivity index is 1.85. The highest BCUT2D eigenvalue weighted by Crippen LogP contribution is 2.06. The number of carbonyl (C=O) groups excluding carboxylic acids is 1. The van der Waals surface area contributed by atoms with Gasteiger partial charge < -0.3 is 11.1 Å². The Morgan fingerprint density at radius 2 is 2.17 bits per heavy atom. The van der Waals surface area contributed by atoms with Gasteiger partial charge in [0.15, 0.2) is 0 Å². The van der Waals surface area contributed by atoms with Crippen molar-refractivity contribution in [1.29, 1.82) is 0 Å². The number of nitrogens with zero attached hydrogens (tertiary/aromatic N) is 1. The summed E-state index contributed by atoms with van der Waals surface area (Å²) >= 11 is 0.